The van der Waals surface area contributed by atoms with Crippen molar-refractivity contribution < 1.29 is 63.1 Å². The van der Waals surface area contributed by atoms with E-state index in [1.54, 1.807) is 0 Å². The number of carbonyl (C=O) groups excluding carboxylic acids is 2. The van der Waals surface area contributed by atoms with Gasteiger partial charge in [-0.05, 0) is 12.8 Å². The molecule has 1 saturated carbocycles. The van der Waals surface area contributed by atoms with Gasteiger partial charge in [-0.3, -0.25) is 18.6 Å². The van der Waals surface area contributed by atoms with E-state index in [1.807, 2.05) is 0 Å². The van der Waals surface area contributed by atoms with E-state index in [-0.39, 0.29) is 12.8 Å². The van der Waals surface area contributed by atoms with Crippen molar-refractivity contribution in [2.45, 2.75) is 256 Å². The third-order valence-corrected chi connectivity index (χ3v) is 12.2. The molecular formula is C44H85O13P. The van der Waals surface area contributed by atoms with E-state index in [0.29, 0.717) is 12.8 Å². The first kappa shape index (κ1) is 54.9. The third-order valence-electron chi connectivity index (χ3n) is 11.2. The van der Waals surface area contributed by atoms with Crippen molar-refractivity contribution in [2.24, 2.45) is 0 Å². The minimum atomic E-state index is -5.11. The second-order valence-electron chi connectivity index (χ2n) is 16.6. The van der Waals surface area contributed by atoms with Gasteiger partial charge >= 0.3 is 19.8 Å². The normalized spacial score (nSPS) is 22.4. The average molecular weight is 853 g/mol. The molecule has 0 spiro atoms. The number of phosphoric ester groups is 1. The van der Waals surface area contributed by atoms with Crippen LogP contribution in [0.5, 0.6) is 0 Å². The first-order valence-corrected chi connectivity index (χ1v) is 24.8. The number of esters is 2. The van der Waals surface area contributed by atoms with Crippen LogP contribution in [0.15, 0.2) is 0 Å². The molecule has 0 heterocycles. The average Bonchev–Trinajstić information content (AvgIpc) is 3.20. The smallest absolute Gasteiger partial charge is 0.462 e. The van der Waals surface area contributed by atoms with Crippen LogP contribution in [0.3, 0.4) is 0 Å². The lowest BCUT2D eigenvalue weighted by Gasteiger charge is -2.41. The van der Waals surface area contributed by atoms with Crippen molar-refractivity contribution in [3.8, 4) is 0 Å². The van der Waals surface area contributed by atoms with Crippen LogP contribution in [0.2, 0.25) is 0 Å². The summed E-state index contributed by atoms with van der Waals surface area (Å²) in [6.45, 7) is 3.29. The van der Waals surface area contributed by atoms with Crippen LogP contribution in [0, 0.1) is 0 Å². The van der Waals surface area contributed by atoms with Crippen molar-refractivity contribution in [3.63, 3.8) is 0 Å². The zero-order chi connectivity index (χ0) is 42.9. The van der Waals surface area contributed by atoms with E-state index >= 15 is 0 Å². The Labute approximate surface area is 351 Å². The number of hydrogen-bond acceptors (Lipinski definition) is 12. The summed E-state index contributed by atoms with van der Waals surface area (Å²) in [7, 11) is -5.11. The summed E-state index contributed by atoms with van der Waals surface area (Å²) in [6, 6.07) is 0. The van der Waals surface area contributed by atoms with Crippen molar-refractivity contribution in [1.82, 2.24) is 0 Å². The Kier molecular flexibility index (Phi) is 33.5. The van der Waals surface area contributed by atoms with Crippen LogP contribution in [0.25, 0.3) is 0 Å². The molecule has 0 aromatic rings. The van der Waals surface area contributed by atoms with Gasteiger partial charge in [-0.25, -0.2) is 4.57 Å². The maximum atomic E-state index is 12.8. The molecule has 0 saturated heterocycles. The highest BCUT2D eigenvalue weighted by Crippen LogP contribution is 2.47. The Morgan fingerprint density at radius 1 is 0.466 bits per heavy atom. The SMILES string of the molecule is CCCCCCCCCCCCCCCCCCCCCCC(=O)O[C@H](COC(=O)CCCCCCCCCCC)COP(=O)(O)OC1C(O)C(O)C(O)[C@H](O)C1O. The Balaban J connectivity index is 2.38. The summed E-state index contributed by atoms with van der Waals surface area (Å²) in [5.41, 5.74) is 0. The maximum Gasteiger partial charge on any atom is 0.472 e. The molecule has 0 aromatic heterocycles. The van der Waals surface area contributed by atoms with Crippen LogP contribution in [0.1, 0.15) is 213 Å². The molecule has 1 rings (SSSR count). The number of unbranched alkanes of at least 4 members (excludes halogenated alkanes) is 27. The number of hydrogen-bond donors (Lipinski definition) is 6. The number of carbonyl (C=O) groups is 2. The lowest BCUT2D eigenvalue weighted by molar-refractivity contribution is -0.220. The summed E-state index contributed by atoms with van der Waals surface area (Å²) in [6.07, 6.45) is 21.8. The third kappa shape index (κ3) is 27.6. The molecule has 0 radical (unpaired) electrons. The standard InChI is InChI=1S/C44H85O13P/c1-3-5-7-9-11-13-14-15-16-17-18-19-20-21-22-23-25-27-29-31-33-38(46)56-36(34-54-37(45)32-30-28-26-24-12-10-8-6-4-2)35-55-58(52,53)57-44-42(50)40(48)39(47)41(49)43(44)51/h36,39-44,47-51H,3-35H2,1-2H3,(H,52,53)/t36-,39?,40+,41?,42?,43?,44?/m1/s1. The van der Waals surface area contributed by atoms with E-state index in [2.05, 4.69) is 13.8 Å². The molecule has 0 amide bonds. The number of phosphoric acid groups is 1. The van der Waals surface area contributed by atoms with Gasteiger partial charge in [0, 0.05) is 12.8 Å². The lowest BCUT2D eigenvalue weighted by atomic mass is 9.85. The first-order chi connectivity index (χ1) is 27.9. The number of ether oxygens (including phenoxy) is 2. The van der Waals surface area contributed by atoms with E-state index in [0.717, 1.165) is 38.5 Å². The van der Waals surface area contributed by atoms with Gasteiger partial charge < -0.3 is 39.9 Å². The van der Waals surface area contributed by atoms with Crippen LogP contribution in [-0.4, -0.2) is 98.3 Å². The van der Waals surface area contributed by atoms with Crippen molar-refractivity contribution in [2.75, 3.05) is 13.2 Å². The predicted molar refractivity (Wildman–Crippen MR) is 226 cm³/mol. The Morgan fingerprint density at radius 3 is 1.14 bits per heavy atom. The molecule has 0 aromatic carbocycles. The molecule has 0 bridgehead atoms. The highest BCUT2D eigenvalue weighted by Gasteiger charge is 2.51. The maximum absolute atomic E-state index is 12.8. The number of aliphatic hydroxyl groups excluding tert-OH is 5. The molecule has 58 heavy (non-hydrogen) atoms. The van der Waals surface area contributed by atoms with Gasteiger partial charge in [0.1, 0.15) is 43.2 Å². The predicted octanol–water partition coefficient (Wildman–Crippen LogP) is 8.89. The minimum Gasteiger partial charge on any atom is -0.462 e. The largest absolute Gasteiger partial charge is 0.472 e. The monoisotopic (exact) mass is 853 g/mol. The van der Waals surface area contributed by atoms with Crippen molar-refractivity contribution in [1.29, 1.82) is 0 Å². The molecule has 6 N–H and O–H groups in total. The van der Waals surface area contributed by atoms with Crippen LogP contribution in [-0.2, 0) is 32.7 Å². The molecule has 344 valence electrons. The molecule has 1 aliphatic rings. The molecule has 8 atom stereocenters. The van der Waals surface area contributed by atoms with Gasteiger partial charge in [0.15, 0.2) is 6.10 Å². The van der Waals surface area contributed by atoms with Gasteiger partial charge in [-0.15, -0.1) is 0 Å². The summed E-state index contributed by atoms with van der Waals surface area (Å²) in [5, 5.41) is 50.1. The van der Waals surface area contributed by atoms with Gasteiger partial charge in [0.2, 0.25) is 0 Å². The van der Waals surface area contributed by atoms with Crippen LogP contribution >= 0.6 is 7.82 Å². The van der Waals surface area contributed by atoms with Crippen molar-refractivity contribution >= 4 is 19.8 Å². The fourth-order valence-corrected chi connectivity index (χ4v) is 8.38. The zero-order valence-corrected chi connectivity index (χ0v) is 37.3. The summed E-state index contributed by atoms with van der Waals surface area (Å²) in [4.78, 5) is 35.6. The fourth-order valence-electron chi connectivity index (χ4n) is 7.41. The molecule has 1 fully saturated rings. The van der Waals surface area contributed by atoms with Crippen molar-refractivity contribution in [3.05, 3.63) is 0 Å². The highest BCUT2D eigenvalue weighted by atomic mass is 31.2. The van der Waals surface area contributed by atoms with Crippen LogP contribution in [0.4, 0.5) is 0 Å². The van der Waals surface area contributed by atoms with Gasteiger partial charge in [-0.1, -0.05) is 187 Å². The molecule has 1 aliphatic carbocycles. The Bertz CT molecular complexity index is 1030. The van der Waals surface area contributed by atoms with Gasteiger partial charge in [-0.2, -0.15) is 0 Å². The van der Waals surface area contributed by atoms with E-state index < -0.39 is 75.7 Å². The fraction of sp³-hybridized carbons (Fsp3) is 0.955. The number of rotatable bonds is 39. The summed E-state index contributed by atoms with van der Waals surface area (Å²) < 4.78 is 33.5. The second kappa shape index (κ2) is 35.4. The molecular weight excluding hydrogens is 767 g/mol. The summed E-state index contributed by atoms with van der Waals surface area (Å²) in [5.74, 6) is -1.09. The topological polar surface area (TPSA) is 210 Å². The quantitative estimate of drug-likeness (QED) is 0.0194. The number of aliphatic hydroxyl groups is 5. The lowest BCUT2D eigenvalue weighted by Crippen LogP contribution is -2.64. The molecule has 13 nitrogen and oxygen atoms in total. The van der Waals surface area contributed by atoms with E-state index in [9.17, 15) is 44.6 Å². The van der Waals surface area contributed by atoms with Gasteiger partial charge in [0.25, 0.3) is 0 Å². The second-order valence-corrected chi connectivity index (χ2v) is 18.0. The minimum absolute atomic E-state index is 0.105. The molecule has 6 unspecified atom stereocenters. The molecule has 14 heteroatoms. The Morgan fingerprint density at radius 2 is 0.776 bits per heavy atom. The Hall–Kier alpha value is -1.15. The van der Waals surface area contributed by atoms with E-state index in [4.69, 9.17) is 18.5 Å². The highest BCUT2D eigenvalue weighted by molar-refractivity contribution is 7.47. The first-order valence-electron chi connectivity index (χ1n) is 23.3. The zero-order valence-electron chi connectivity index (χ0n) is 36.4. The van der Waals surface area contributed by atoms with Crippen LogP contribution < -0.4 is 0 Å². The van der Waals surface area contributed by atoms with Gasteiger partial charge in [0.05, 0.1) is 6.61 Å². The molecule has 0 aliphatic heterocycles. The van der Waals surface area contributed by atoms with E-state index in [1.165, 1.54) is 135 Å². The summed E-state index contributed by atoms with van der Waals surface area (Å²) >= 11 is 0.